The Morgan fingerprint density at radius 1 is 0.646 bits per heavy atom. The van der Waals surface area contributed by atoms with E-state index in [1.807, 2.05) is 88.4 Å². The van der Waals surface area contributed by atoms with Gasteiger partial charge in [0, 0.05) is 40.1 Å². The number of pyridine rings is 1. The van der Waals surface area contributed by atoms with Crippen molar-refractivity contribution in [3.63, 3.8) is 0 Å². The van der Waals surface area contributed by atoms with E-state index in [1.54, 1.807) is 6.20 Å². The molecule has 3 heterocycles. The van der Waals surface area contributed by atoms with Crippen LogP contribution in [0.2, 0.25) is 0 Å². The molecule has 2 fully saturated rings. The number of nitrogens with zero attached hydrogens (tertiary/aromatic N) is 3. The number of hydrogen-bond acceptors (Lipinski definition) is 3. The third-order valence-corrected chi connectivity index (χ3v) is 14.0. The zero-order chi connectivity index (χ0) is 45.4. The second kappa shape index (κ2) is 19.9. The number of benzene rings is 6. The van der Waals surface area contributed by atoms with Crippen molar-refractivity contribution in [1.82, 2.24) is 14.5 Å². The second-order valence-corrected chi connectivity index (χ2v) is 18.5. The maximum absolute atomic E-state index is 9.65. The number of hydrogen-bond donors (Lipinski definition) is 0. The molecule has 11 rings (SSSR count). The summed E-state index contributed by atoms with van der Waals surface area (Å²) in [4.78, 5) is 9.52. The van der Waals surface area contributed by atoms with Crippen molar-refractivity contribution >= 4 is 33.0 Å². The molecule has 0 unspecified atom stereocenters. The van der Waals surface area contributed by atoms with Crippen molar-refractivity contribution in [2.45, 2.75) is 103 Å². The first-order valence-electron chi connectivity index (χ1n) is 24.5. The zero-order valence-corrected chi connectivity index (χ0v) is 40.4. The van der Waals surface area contributed by atoms with Gasteiger partial charge in [-0.3, -0.25) is 4.98 Å². The third kappa shape index (κ3) is 9.16. The Kier molecular flexibility index (Phi) is 12.9. The predicted molar refractivity (Wildman–Crippen MR) is 266 cm³/mol. The molecule has 6 aromatic carbocycles. The summed E-state index contributed by atoms with van der Waals surface area (Å²) in [6.45, 7) is 7.97. The van der Waals surface area contributed by atoms with Crippen LogP contribution in [0.5, 0.6) is 0 Å². The number of imidazole rings is 1. The molecule has 2 aliphatic carbocycles. The summed E-state index contributed by atoms with van der Waals surface area (Å²) < 4.78 is 28.3. The van der Waals surface area contributed by atoms with Crippen LogP contribution in [0.3, 0.4) is 0 Å². The first-order chi connectivity index (χ1) is 32.0. The number of aromatic nitrogens is 3. The van der Waals surface area contributed by atoms with Crippen molar-refractivity contribution in [2.75, 3.05) is 0 Å². The minimum absolute atomic E-state index is 0. The van der Waals surface area contributed by atoms with Crippen LogP contribution in [0.25, 0.3) is 72.4 Å². The van der Waals surface area contributed by atoms with E-state index in [0.29, 0.717) is 11.7 Å². The first kappa shape index (κ1) is 42.1. The van der Waals surface area contributed by atoms with Gasteiger partial charge in [-0.25, -0.2) is 0 Å². The molecule has 331 valence electrons. The molecule has 3 aromatic heterocycles. The number of fused-ring (bicyclic) bond motifs is 4. The SMILES string of the molecule is [2H]C(C)(C)c1cc(C2CCC(C3CCCCC3)CC2)cc(C([2H])(C)C)c1-n1c(-c2[c-]ccc3c2oc2cc(-c4ccccc4)ccc23)nc2ccccc21.[Ir].[c-]1ccccc1-c1ccccn1. The van der Waals surface area contributed by atoms with Crippen LogP contribution in [0.1, 0.15) is 123 Å². The average Bonchev–Trinajstić information content (AvgIpc) is 3.93. The van der Waals surface area contributed by atoms with Gasteiger partial charge in [-0.05, 0) is 113 Å². The summed E-state index contributed by atoms with van der Waals surface area (Å²) in [6.07, 6.45) is 13.8. The van der Waals surface area contributed by atoms with Crippen molar-refractivity contribution in [2.24, 2.45) is 11.8 Å². The van der Waals surface area contributed by atoms with E-state index < -0.39 is 11.8 Å². The summed E-state index contributed by atoms with van der Waals surface area (Å²) in [5, 5.41) is 2.06. The minimum atomic E-state index is -0.934. The summed E-state index contributed by atoms with van der Waals surface area (Å²) in [7, 11) is 0. The number of furan rings is 1. The molecule has 5 heteroatoms. The molecular formula is C60H59IrN3O-2. The van der Waals surface area contributed by atoms with Crippen LogP contribution in [0.4, 0.5) is 0 Å². The van der Waals surface area contributed by atoms with Crippen molar-refractivity contribution in [3.05, 3.63) is 175 Å². The normalized spacial score (nSPS) is 17.5. The summed E-state index contributed by atoms with van der Waals surface area (Å²) in [6, 6.07) is 54.1. The van der Waals surface area contributed by atoms with E-state index in [2.05, 4.69) is 101 Å². The van der Waals surface area contributed by atoms with Crippen LogP contribution >= 0.6 is 0 Å². The molecule has 0 N–H and O–H groups in total. The van der Waals surface area contributed by atoms with Gasteiger partial charge >= 0.3 is 0 Å². The smallest absolute Gasteiger partial charge is 0.121 e. The van der Waals surface area contributed by atoms with Crippen molar-refractivity contribution in [3.8, 4) is 39.5 Å². The third-order valence-electron chi connectivity index (χ3n) is 14.0. The van der Waals surface area contributed by atoms with Gasteiger partial charge in [0.2, 0.25) is 0 Å². The van der Waals surface area contributed by atoms with Gasteiger partial charge in [0.1, 0.15) is 5.58 Å². The van der Waals surface area contributed by atoms with E-state index in [-0.39, 0.29) is 20.1 Å². The second-order valence-electron chi connectivity index (χ2n) is 18.5. The Hall–Kier alpha value is -5.61. The molecule has 0 aliphatic heterocycles. The minimum Gasteiger partial charge on any atom is -0.501 e. The zero-order valence-electron chi connectivity index (χ0n) is 40.0. The van der Waals surface area contributed by atoms with E-state index >= 15 is 0 Å². The Morgan fingerprint density at radius 2 is 1.35 bits per heavy atom. The number of para-hydroxylation sites is 2. The Balaban J connectivity index is 0.000000375. The van der Waals surface area contributed by atoms with Crippen LogP contribution in [-0.2, 0) is 20.1 Å². The summed E-state index contributed by atoms with van der Waals surface area (Å²) in [5.74, 6) is 1.03. The van der Waals surface area contributed by atoms with E-state index in [0.717, 1.165) is 89.6 Å². The van der Waals surface area contributed by atoms with Crippen LogP contribution in [0.15, 0.2) is 150 Å². The number of rotatable bonds is 8. The fourth-order valence-electron chi connectivity index (χ4n) is 10.6. The first-order valence-corrected chi connectivity index (χ1v) is 23.5. The molecule has 2 aliphatic rings. The molecular weight excluding hydrogens is 971 g/mol. The fraction of sp³-hybridized carbons (Fsp3) is 0.300. The molecule has 0 atom stereocenters. The summed E-state index contributed by atoms with van der Waals surface area (Å²) >= 11 is 0. The van der Waals surface area contributed by atoms with E-state index in [9.17, 15) is 2.74 Å². The molecule has 0 amide bonds. The van der Waals surface area contributed by atoms with Gasteiger partial charge in [-0.1, -0.05) is 150 Å². The average molecular weight is 1030 g/mol. The van der Waals surface area contributed by atoms with E-state index in [4.69, 9.17) is 9.40 Å². The molecule has 2 saturated carbocycles. The quantitative estimate of drug-likeness (QED) is 0.142. The Labute approximate surface area is 401 Å². The molecule has 4 nitrogen and oxygen atoms in total. The molecule has 0 spiro atoms. The molecule has 65 heavy (non-hydrogen) atoms. The summed E-state index contributed by atoms with van der Waals surface area (Å²) in [5.41, 5.74) is 12.4. The van der Waals surface area contributed by atoms with Crippen LogP contribution < -0.4 is 0 Å². The van der Waals surface area contributed by atoms with Gasteiger partial charge in [0.05, 0.1) is 22.4 Å². The molecule has 9 aromatic rings. The van der Waals surface area contributed by atoms with Crippen molar-refractivity contribution in [1.29, 1.82) is 0 Å². The monoisotopic (exact) mass is 1030 g/mol. The Morgan fingerprint density at radius 3 is 2.06 bits per heavy atom. The maximum atomic E-state index is 9.65. The van der Waals surface area contributed by atoms with Gasteiger partial charge in [-0.15, -0.1) is 54.1 Å². The van der Waals surface area contributed by atoms with Crippen LogP contribution in [0, 0.1) is 24.0 Å². The van der Waals surface area contributed by atoms with Gasteiger partial charge in [0.15, 0.2) is 0 Å². The Bertz CT molecular complexity index is 3030. The van der Waals surface area contributed by atoms with Gasteiger partial charge < -0.3 is 14.0 Å². The van der Waals surface area contributed by atoms with Crippen LogP contribution in [-0.4, -0.2) is 14.5 Å². The van der Waals surface area contributed by atoms with Gasteiger partial charge in [0.25, 0.3) is 0 Å². The molecule has 0 saturated heterocycles. The fourth-order valence-corrected chi connectivity index (χ4v) is 10.6. The molecule has 0 bridgehead atoms. The molecule has 1 radical (unpaired) electrons. The maximum Gasteiger partial charge on any atom is 0.121 e. The van der Waals surface area contributed by atoms with E-state index in [1.165, 1.54) is 63.4 Å². The standard InChI is InChI=1S/C49H51N2O.C11H8N.Ir/c1-31(2)42-28-38(36-24-22-35(23-25-36)33-14-7-5-8-15-33)29-43(32(3)4)47(42)51-45-21-12-11-20-44(45)50-49(51)41-19-13-18-40-39-27-26-37(30-46(39)52-48(40)41)34-16-9-6-10-17-34;1-2-6-10(7-3-1)11-8-4-5-9-12-11;/h6,9-13,16-18,20-21,26-33,35-36H,5,7-8,14-15,22-25H2,1-4H3;1-6,8-9H;/q2*-1;/i31D,32D;;. The topological polar surface area (TPSA) is 43.9 Å². The van der Waals surface area contributed by atoms with Crippen molar-refractivity contribution < 1.29 is 27.3 Å². The largest absolute Gasteiger partial charge is 0.501 e. The van der Waals surface area contributed by atoms with Gasteiger partial charge in [-0.2, -0.15) is 0 Å². The predicted octanol–water partition coefficient (Wildman–Crippen LogP) is 16.7.